The van der Waals surface area contributed by atoms with Gasteiger partial charge in [0, 0.05) is 85.1 Å². The molecule has 7 rings (SSSR count). The minimum atomic E-state index is -5.92. The second-order valence-electron chi connectivity index (χ2n) is 14.8. The van der Waals surface area contributed by atoms with E-state index in [1.54, 1.807) is 24.1 Å². The van der Waals surface area contributed by atoms with Gasteiger partial charge in [0.05, 0.1) is 10.6 Å². The van der Waals surface area contributed by atoms with Crippen molar-refractivity contribution in [1.29, 1.82) is 0 Å². The first-order valence-electron chi connectivity index (χ1n) is 19.7. The molecule has 2 aliphatic heterocycles. The molecule has 3 N–H and O–H groups in total. The van der Waals surface area contributed by atoms with Crippen molar-refractivity contribution in [2.75, 3.05) is 65.4 Å². The number of likely N-dealkylation sites (N-methyl/N-ethyl adjacent to an activating group) is 1. The lowest BCUT2D eigenvalue weighted by Gasteiger charge is -2.37. The highest BCUT2D eigenvalue weighted by atomic mass is 35.5. The maximum absolute atomic E-state index is 13.8. The molecule has 330 valence electrons. The molecule has 0 bridgehead atoms. The first-order valence-corrected chi connectivity index (χ1v) is 24.1. The van der Waals surface area contributed by atoms with E-state index in [4.69, 9.17) is 11.6 Å². The van der Waals surface area contributed by atoms with E-state index in [0.717, 1.165) is 45.1 Å². The maximum atomic E-state index is 13.8. The van der Waals surface area contributed by atoms with Crippen LogP contribution >= 0.6 is 23.4 Å². The third kappa shape index (κ3) is 10.6. The molecule has 4 aromatic rings. The van der Waals surface area contributed by atoms with Crippen LogP contribution in [0, 0.1) is 0 Å². The zero-order valence-electron chi connectivity index (χ0n) is 33.8. The molecule has 0 unspecified atom stereocenters. The lowest BCUT2D eigenvalue weighted by molar-refractivity contribution is -0.133. The number of sulfone groups is 1. The van der Waals surface area contributed by atoms with Crippen LogP contribution in [0.25, 0.3) is 5.57 Å². The van der Waals surface area contributed by atoms with Crippen molar-refractivity contribution < 1.29 is 39.9 Å². The Kier molecular flexibility index (Phi) is 13.7. The molecule has 0 atom stereocenters. The van der Waals surface area contributed by atoms with Crippen molar-refractivity contribution in [3.05, 3.63) is 155 Å². The van der Waals surface area contributed by atoms with Gasteiger partial charge < -0.3 is 25.1 Å². The van der Waals surface area contributed by atoms with Crippen molar-refractivity contribution in [1.82, 2.24) is 4.90 Å². The van der Waals surface area contributed by atoms with Gasteiger partial charge in [-0.2, -0.15) is 13.2 Å². The summed E-state index contributed by atoms with van der Waals surface area (Å²) in [6.07, 6.45) is 10.6. The number of alkyl halides is 3. The van der Waals surface area contributed by atoms with Gasteiger partial charge in [-0.25, -0.2) is 21.6 Å². The molecule has 0 spiro atoms. The van der Waals surface area contributed by atoms with Gasteiger partial charge in [-0.15, -0.1) is 11.8 Å². The fourth-order valence-electron chi connectivity index (χ4n) is 7.49. The Labute approximate surface area is 373 Å². The van der Waals surface area contributed by atoms with Gasteiger partial charge in [0.25, 0.3) is 19.9 Å². The quantitative estimate of drug-likeness (QED) is 0.0824. The standard InChI is InChI=1S/C45H43ClF3N5O6S3/c1-52-30-33(31-7-5-9-34(46)14-13-31)28-40(43(52)44(55)56)32-8-6-10-37(27-32)54-24-22-53(23-25-54)36-17-15-35(16-18-36)51-63(59,60)39-19-20-41(42(29-39)62(57,58)45(47,48)49)50-21-26-61-38-11-3-2-4-12-38/h2-6,8-20,27,29-30,50-51H,7,21-26,28H2,1H3,(H,55,56). The second-order valence-corrected chi connectivity index (χ2v) is 20.0. The summed E-state index contributed by atoms with van der Waals surface area (Å²) in [5.41, 5.74) is -0.388. The van der Waals surface area contributed by atoms with Crippen LogP contribution in [0.3, 0.4) is 0 Å². The van der Waals surface area contributed by atoms with E-state index in [9.17, 15) is 39.9 Å². The average Bonchev–Trinajstić information content (AvgIpc) is 3.49. The minimum Gasteiger partial charge on any atom is -0.477 e. The van der Waals surface area contributed by atoms with Gasteiger partial charge in [0.2, 0.25) is 0 Å². The fourth-order valence-corrected chi connectivity index (χ4v) is 10.6. The summed E-state index contributed by atoms with van der Waals surface area (Å²) in [5.74, 6) is -0.619. The molecule has 63 heavy (non-hydrogen) atoms. The molecule has 1 saturated heterocycles. The zero-order chi connectivity index (χ0) is 44.9. The summed E-state index contributed by atoms with van der Waals surface area (Å²) in [4.78, 5) is 17.6. The number of thioether (sulfide) groups is 1. The lowest BCUT2D eigenvalue weighted by atomic mass is 9.88. The van der Waals surface area contributed by atoms with Crippen LogP contribution in [-0.4, -0.2) is 83.8 Å². The van der Waals surface area contributed by atoms with E-state index in [0.29, 0.717) is 61.4 Å². The summed E-state index contributed by atoms with van der Waals surface area (Å²) in [6, 6.07) is 26.2. The van der Waals surface area contributed by atoms with E-state index < -0.39 is 41.1 Å². The molecule has 3 aliphatic rings. The van der Waals surface area contributed by atoms with E-state index in [2.05, 4.69) is 19.8 Å². The van der Waals surface area contributed by atoms with Crippen molar-refractivity contribution in [2.45, 2.75) is 33.0 Å². The van der Waals surface area contributed by atoms with Gasteiger partial charge >= 0.3 is 11.5 Å². The Bertz CT molecular complexity index is 2750. The number of carboxylic acids is 1. The number of benzene rings is 4. The lowest BCUT2D eigenvalue weighted by Crippen LogP contribution is -2.46. The first-order chi connectivity index (χ1) is 30.0. The van der Waals surface area contributed by atoms with Crippen molar-refractivity contribution in [3.63, 3.8) is 0 Å². The Morgan fingerprint density at radius 1 is 0.841 bits per heavy atom. The van der Waals surface area contributed by atoms with E-state index in [1.807, 2.05) is 85.1 Å². The monoisotopic (exact) mass is 937 g/mol. The molecule has 4 aromatic carbocycles. The van der Waals surface area contributed by atoms with Gasteiger partial charge in [-0.3, -0.25) is 4.72 Å². The number of carboxylic acid groups (broad SMARTS) is 1. The van der Waals surface area contributed by atoms with Gasteiger partial charge in [0.15, 0.2) is 0 Å². The largest absolute Gasteiger partial charge is 0.501 e. The van der Waals surface area contributed by atoms with Gasteiger partial charge in [0.1, 0.15) is 10.6 Å². The predicted octanol–water partition coefficient (Wildman–Crippen LogP) is 9.34. The molecular weight excluding hydrogens is 895 g/mol. The molecule has 0 amide bonds. The molecule has 2 heterocycles. The molecular formula is C45H43ClF3N5O6S3. The number of nitrogens with one attached hydrogen (secondary N) is 2. The first kappa shape index (κ1) is 45.4. The van der Waals surface area contributed by atoms with Crippen LogP contribution in [-0.2, 0) is 24.7 Å². The topological polar surface area (TPSA) is 139 Å². The Morgan fingerprint density at radius 3 is 2.22 bits per heavy atom. The number of rotatable bonds is 14. The average molecular weight is 939 g/mol. The van der Waals surface area contributed by atoms with Crippen LogP contribution < -0.4 is 19.8 Å². The van der Waals surface area contributed by atoms with E-state index >= 15 is 0 Å². The highest BCUT2D eigenvalue weighted by Gasteiger charge is 2.48. The van der Waals surface area contributed by atoms with Crippen LogP contribution in [0.15, 0.2) is 164 Å². The number of carbonyl (C=O) groups is 1. The molecule has 18 heteroatoms. The number of sulfonamides is 1. The van der Waals surface area contributed by atoms with Crippen molar-refractivity contribution in [2.24, 2.45) is 0 Å². The van der Waals surface area contributed by atoms with Crippen LogP contribution in [0.4, 0.5) is 35.9 Å². The number of hydrogen-bond donors (Lipinski definition) is 3. The second kappa shape index (κ2) is 19.0. The number of allylic oxidation sites excluding steroid dienone is 8. The van der Waals surface area contributed by atoms with Crippen molar-refractivity contribution >= 4 is 77.5 Å². The van der Waals surface area contributed by atoms with Crippen LogP contribution in [0.5, 0.6) is 0 Å². The number of halogens is 4. The maximum Gasteiger partial charge on any atom is 0.501 e. The highest BCUT2D eigenvalue weighted by molar-refractivity contribution is 7.99. The number of hydrogen-bond acceptors (Lipinski definition) is 10. The number of piperazine rings is 1. The van der Waals surface area contributed by atoms with Gasteiger partial charge in [-0.05, 0) is 108 Å². The number of anilines is 4. The molecule has 1 aliphatic carbocycles. The fraction of sp³-hybridized carbons (Fsp3) is 0.222. The number of aliphatic carboxylic acids is 1. The molecule has 0 saturated carbocycles. The Balaban J connectivity index is 1.00. The third-order valence-electron chi connectivity index (χ3n) is 10.6. The van der Waals surface area contributed by atoms with Crippen molar-refractivity contribution in [3.8, 4) is 0 Å². The summed E-state index contributed by atoms with van der Waals surface area (Å²) in [7, 11) is -8.70. The van der Waals surface area contributed by atoms with Gasteiger partial charge in [-0.1, -0.05) is 54.1 Å². The molecule has 0 radical (unpaired) electrons. The predicted molar refractivity (Wildman–Crippen MR) is 244 cm³/mol. The summed E-state index contributed by atoms with van der Waals surface area (Å²) < 4.78 is 95.9. The van der Waals surface area contributed by atoms with Crippen LogP contribution in [0.2, 0.25) is 0 Å². The Morgan fingerprint density at radius 2 is 1.54 bits per heavy atom. The SMILES string of the molecule is CN1C=C(C2=CC=C(Cl)C=CC2)CC(c2cccc(N3CCN(c4ccc(NS(=O)(=O)c5ccc(NCCSc6ccccc6)c(S(=O)(=O)C(F)(F)F)c5)cc4)CC3)c2)=C1C(=O)O. The Hall–Kier alpha value is -5.62. The normalized spacial score (nSPS) is 16.3. The minimum absolute atomic E-state index is 0.107. The highest BCUT2D eigenvalue weighted by Crippen LogP contribution is 2.39. The third-order valence-corrected chi connectivity index (χ3v) is 14.8. The smallest absolute Gasteiger partial charge is 0.477 e. The van der Waals surface area contributed by atoms with E-state index in [-0.39, 0.29) is 23.6 Å². The molecule has 11 nitrogen and oxygen atoms in total. The van der Waals surface area contributed by atoms with Crippen LogP contribution in [0.1, 0.15) is 18.4 Å². The molecule has 1 fully saturated rings. The number of nitrogens with zero attached hydrogens (tertiary/aromatic N) is 3. The summed E-state index contributed by atoms with van der Waals surface area (Å²) in [6.45, 7) is 2.62. The summed E-state index contributed by atoms with van der Waals surface area (Å²) in [5, 5.41) is 13.6. The summed E-state index contributed by atoms with van der Waals surface area (Å²) >= 11 is 7.63. The molecule has 0 aromatic heterocycles. The zero-order valence-corrected chi connectivity index (χ0v) is 37.1. The van der Waals surface area contributed by atoms with E-state index in [1.165, 1.54) is 23.9 Å².